The summed E-state index contributed by atoms with van der Waals surface area (Å²) in [5.74, 6) is 0. The fourth-order valence-electron chi connectivity index (χ4n) is 0.240. The van der Waals surface area contributed by atoms with Crippen molar-refractivity contribution < 1.29 is 12.6 Å². The fourth-order valence-corrected chi connectivity index (χ4v) is 1.09. The van der Waals surface area contributed by atoms with E-state index in [0.29, 0.717) is 0 Å². The molecule has 0 amide bonds. The number of hydrogen-bond acceptors (Lipinski definition) is 4. The summed E-state index contributed by atoms with van der Waals surface area (Å²) in [6.07, 6.45) is 0. The molecule has 42 valence electrons. The Morgan fingerprint density at radius 1 is 1.71 bits per heavy atom. The van der Waals surface area contributed by atoms with Crippen LogP contribution in [0.15, 0.2) is 0 Å². The average Bonchev–Trinajstić information content (AvgIpc) is 1.63. The Balaban J connectivity index is 2.79. The van der Waals surface area contributed by atoms with Gasteiger partial charge in [0.05, 0.1) is 6.61 Å². The minimum absolute atomic E-state index is 0.228. The van der Waals surface area contributed by atoms with Gasteiger partial charge in [-0.1, -0.05) is 0 Å². The van der Waals surface area contributed by atoms with Crippen LogP contribution in [0.25, 0.3) is 0 Å². The van der Waals surface area contributed by atoms with E-state index in [-0.39, 0.29) is 6.61 Å². The molecule has 0 aromatic heterocycles. The van der Waals surface area contributed by atoms with Crippen LogP contribution in [0.3, 0.4) is 0 Å². The van der Waals surface area contributed by atoms with E-state index in [1.54, 1.807) is 0 Å². The molecule has 0 aliphatic carbocycles. The lowest BCUT2D eigenvalue weighted by atomic mass is 10.9. The number of hydrogen-bond donors (Lipinski definition) is 1. The molecule has 0 N–H and O–H groups in total. The molecule has 1 fully saturated rings. The third kappa shape index (κ3) is 0.756. The topological polar surface area (TPSA) is 43.4 Å². The molecule has 0 spiro atoms. The first kappa shape index (κ1) is 5.40. The molecule has 0 saturated carbocycles. The lowest BCUT2D eigenvalue weighted by molar-refractivity contribution is 0.277. The van der Waals surface area contributed by atoms with Crippen molar-refractivity contribution in [3.05, 3.63) is 0 Å². The second kappa shape index (κ2) is 1.37. The molecule has 3 nitrogen and oxygen atoms in total. The molecule has 1 aliphatic heterocycles. The Bertz CT molecular complexity index is 158. The molecule has 1 saturated heterocycles. The Labute approximate surface area is 47.2 Å². The van der Waals surface area contributed by atoms with Gasteiger partial charge in [0, 0.05) is 0 Å². The van der Waals surface area contributed by atoms with Gasteiger partial charge in [-0.25, -0.2) is 0 Å². The van der Waals surface area contributed by atoms with Gasteiger partial charge < -0.3 is 0 Å². The zero-order valence-corrected chi connectivity index (χ0v) is 5.08. The highest BCUT2D eigenvalue weighted by molar-refractivity contribution is 8.03. The molecule has 1 unspecified atom stereocenters. The van der Waals surface area contributed by atoms with E-state index in [2.05, 4.69) is 16.8 Å². The number of thiol groups is 1. The van der Waals surface area contributed by atoms with Gasteiger partial charge >= 0.3 is 0 Å². The van der Waals surface area contributed by atoms with Gasteiger partial charge in [-0.2, -0.15) is 21.0 Å². The van der Waals surface area contributed by atoms with Crippen LogP contribution in [-0.2, 0) is 14.3 Å². The molecular weight excluding hydrogens is 136 g/mol. The van der Waals surface area contributed by atoms with Crippen molar-refractivity contribution in [2.45, 2.75) is 4.58 Å². The molecule has 7 heavy (non-hydrogen) atoms. The monoisotopic (exact) mass is 140 g/mol. The van der Waals surface area contributed by atoms with Gasteiger partial charge in [0.2, 0.25) is 0 Å². The first-order valence-corrected chi connectivity index (χ1v) is 3.68. The molecule has 1 heterocycles. The molecule has 1 atom stereocenters. The van der Waals surface area contributed by atoms with Crippen molar-refractivity contribution in [2.75, 3.05) is 6.61 Å². The van der Waals surface area contributed by atoms with Crippen LogP contribution >= 0.6 is 12.6 Å². The number of rotatable bonds is 0. The van der Waals surface area contributed by atoms with Crippen molar-refractivity contribution >= 4 is 22.7 Å². The van der Waals surface area contributed by atoms with Crippen molar-refractivity contribution in [1.82, 2.24) is 0 Å². The summed E-state index contributed by atoms with van der Waals surface area (Å²) in [5.41, 5.74) is 0. The van der Waals surface area contributed by atoms with Crippen molar-refractivity contribution in [2.24, 2.45) is 0 Å². The largest absolute Gasteiger partial charge is 0.281 e. The highest BCUT2D eigenvalue weighted by Crippen LogP contribution is 2.18. The summed E-state index contributed by atoms with van der Waals surface area (Å²) < 4.78 is 23.8. The second-order valence-corrected chi connectivity index (χ2v) is 4.00. The zero-order chi connectivity index (χ0) is 5.49. The van der Waals surface area contributed by atoms with Gasteiger partial charge in [0.1, 0.15) is 0 Å². The summed E-state index contributed by atoms with van der Waals surface area (Å²) in [5, 5.41) is 0. The van der Waals surface area contributed by atoms with Crippen molar-refractivity contribution in [3.63, 3.8) is 0 Å². The van der Waals surface area contributed by atoms with E-state index in [9.17, 15) is 8.42 Å². The minimum Gasteiger partial charge on any atom is -0.267 e. The maximum absolute atomic E-state index is 10.1. The van der Waals surface area contributed by atoms with Crippen LogP contribution < -0.4 is 0 Å². The predicted octanol–water partition coefficient (Wildman–Crippen LogP) is -0.398. The molecule has 0 bridgehead atoms. The Morgan fingerprint density at radius 3 is 2.14 bits per heavy atom. The summed E-state index contributed by atoms with van der Waals surface area (Å²) in [6.45, 7) is 0.228. The van der Waals surface area contributed by atoms with Gasteiger partial charge in [0.15, 0.2) is 4.58 Å². The lowest BCUT2D eigenvalue weighted by Crippen LogP contribution is -2.35. The minimum atomic E-state index is -3.20. The normalized spacial score (nSPS) is 37.0. The highest BCUT2D eigenvalue weighted by atomic mass is 32.3. The summed E-state index contributed by atoms with van der Waals surface area (Å²) in [7, 11) is -3.20. The third-order valence-corrected chi connectivity index (χ3v) is 2.90. The highest BCUT2D eigenvalue weighted by Gasteiger charge is 2.33. The quantitative estimate of drug-likeness (QED) is 0.368. The standard InChI is InChI=1S/C2H4O3S2/c3-7(4)2(6)1-5-7/h2,6H,1H2. The van der Waals surface area contributed by atoms with Crippen molar-refractivity contribution in [3.8, 4) is 0 Å². The van der Waals surface area contributed by atoms with E-state index in [4.69, 9.17) is 0 Å². The summed E-state index contributed by atoms with van der Waals surface area (Å²) >= 11 is 3.65. The van der Waals surface area contributed by atoms with E-state index < -0.39 is 14.7 Å². The van der Waals surface area contributed by atoms with Crippen LogP contribution in [-0.4, -0.2) is 19.6 Å². The smallest absolute Gasteiger partial charge is 0.267 e. The van der Waals surface area contributed by atoms with E-state index >= 15 is 0 Å². The van der Waals surface area contributed by atoms with Crippen LogP contribution in [0, 0.1) is 0 Å². The second-order valence-electron chi connectivity index (χ2n) is 1.23. The van der Waals surface area contributed by atoms with Gasteiger partial charge in [-0.3, -0.25) is 4.18 Å². The average molecular weight is 140 g/mol. The molecule has 0 aromatic carbocycles. The van der Waals surface area contributed by atoms with E-state index in [0.717, 1.165) is 0 Å². The van der Waals surface area contributed by atoms with Crippen LogP contribution in [0.1, 0.15) is 0 Å². The van der Waals surface area contributed by atoms with E-state index in [1.807, 2.05) is 0 Å². The Kier molecular flexibility index (Phi) is 1.05. The molecule has 1 aliphatic rings. The lowest BCUT2D eigenvalue weighted by Gasteiger charge is -2.19. The maximum atomic E-state index is 10.1. The SMILES string of the molecule is O=S1(=O)OCC1S. The first-order chi connectivity index (χ1) is 3.13. The molecular formula is C2H4O3S2. The van der Waals surface area contributed by atoms with Gasteiger partial charge in [-0.05, 0) is 0 Å². The first-order valence-electron chi connectivity index (χ1n) is 1.69. The predicted molar refractivity (Wildman–Crippen MR) is 27.6 cm³/mol. The Morgan fingerprint density at radius 2 is 2.14 bits per heavy atom. The molecule has 1 rings (SSSR count). The molecule has 0 radical (unpaired) electrons. The van der Waals surface area contributed by atoms with Crippen LogP contribution in [0.5, 0.6) is 0 Å². The fraction of sp³-hybridized carbons (Fsp3) is 1.00. The van der Waals surface area contributed by atoms with Crippen LogP contribution in [0.2, 0.25) is 0 Å². The third-order valence-electron chi connectivity index (χ3n) is 0.708. The Hall–Kier alpha value is 0.260. The summed E-state index contributed by atoms with van der Waals surface area (Å²) in [6, 6.07) is 0. The van der Waals surface area contributed by atoms with E-state index in [1.165, 1.54) is 0 Å². The zero-order valence-electron chi connectivity index (χ0n) is 3.36. The molecule has 5 heteroatoms. The van der Waals surface area contributed by atoms with Gasteiger partial charge in [-0.15, -0.1) is 0 Å². The maximum Gasteiger partial charge on any atom is 0.281 e. The summed E-state index contributed by atoms with van der Waals surface area (Å²) in [4.78, 5) is 0. The van der Waals surface area contributed by atoms with Crippen LogP contribution in [0.4, 0.5) is 0 Å². The molecule has 0 aromatic rings. The van der Waals surface area contributed by atoms with Gasteiger partial charge in [0.25, 0.3) is 10.1 Å². The van der Waals surface area contributed by atoms with Crippen molar-refractivity contribution in [1.29, 1.82) is 0 Å².